The van der Waals surface area contributed by atoms with Crippen molar-refractivity contribution in [3.8, 4) is 0 Å². The largest absolute Gasteiger partial charge is 0.466 e. The molecule has 1 aromatic carbocycles. The van der Waals surface area contributed by atoms with Gasteiger partial charge in [-0.25, -0.2) is 9.69 Å². The number of rotatable bonds is 3. The van der Waals surface area contributed by atoms with Gasteiger partial charge in [0.2, 0.25) is 5.91 Å². The highest BCUT2D eigenvalue weighted by Crippen LogP contribution is 2.52. The quantitative estimate of drug-likeness (QED) is 0.516. The molecular weight excluding hydrogens is 458 g/mol. The summed E-state index contributed by atoms with van der Waals surface area (Å²) in [6.07, 6.45) is -0.824. The van der Waals surface area contributed by atoms with Crippen molar-refractivity contribution in [2.45, 2.75) is 37.8 Å². The number of esters is 1. The Labute approximate surface area is 194 Å². The van der Waals surface area contributed by atoms with E-state index >= 15 is 0 Å². The van der Waals surface area contributed by atoms with E-state index < -0.39 is 46.8 Å². The fourth-order valence-corrected chi connectivity index (χ4v) is 5.37. The van der Waals surface area contributed by atoms with E-state index in [9.17, 15) is 19.2 Å². The van der Waals surface area contributed by atoms with Crippen molar-refractivity contribution < 1.29 is 28.7 Å². The van der Waals surface area contributed by atoms with Gasteiger partial charge in [0.1, 0.15) is 24.0 Å². The average Bonchev–Trinajstić information content (AvgIpc) is 3.26. The van der Waals surface area contributed by atoms with Gasteiger partial charge in [-0.15, -0.1) is 0 Å². The van der Waals surface area contributed by atoms with Gasteiger partial charge in [0.25, 0.3) is 5.91 Å². The number of hydrogen-bond donors (Lipinski definition) is 1. The summed E-state index contributed by atoms with van der Waals surface area (Å²) in [6, 6.07) is 3.54. The lowest BCUT2D eigenvalue weighted by molar-refractivity contribution is -0.155. The highest BCUT2D eigenvalue weighted by Gasteiger charge is 2.69. The summed E-state index contributed by atoms with van der Waals surface area (Å²) in [5, 5.41) is 3.21. The molecule has 1 aromatic rings. The van der Waals surface area contributed by atoms with Crippen LogP contribution < -0.4 is 10.2 Å². The van der Waals surface area contributed by atoms with Crippen LogP contribution in [-0.4, -0.2) is 65.6 Å². The van der Waals surface area contributed by atoms with Crippen LogP contribution in [0.5, 0.6) is 0 Å². The topological polar surface area (TPSA) is 105 Å². The molecule has 170 valence electrons. The molecule has 3 heterocycles. The smallest absolute Gasteiger partial charge is 0.417 e. The minimum absolute atomic E-state index is 0.00265. The van der Waals surface area contributed by atoms with Crippen molar-refractivity contribution in [3.63, 3.8) is 0 Å². The monoisotopic (exact) mass is 479 g/mol. The van der Waals surface area contributed by atoms with Crippen LogP contribution in [0.3, 0.4) is 0 Å². The molecule has 3 aliphatic rings. The zero-order valence-electron chi connectivity index (χ0n) is 17.9. The summed E-state index contributed by atoms with van der Waals surface area (Å²) < 4.78 is 10.3. The number of thiocarbonyl (C=S) groups is 1. The summed E-state index contributed by atoms with van der Waals surface area (Å²) in [4.78, 5) is 55.2. The number of benzene rings is 1. The Bertz CT molecular complexity index is 1080. The SMILES string of the molecule is CCOC(=O)[C@H]1[C@H](C(=O)N2C(=O)OCC2(C)C)NC(=S)[C@]12C(=O)N(C)c1ccc(Cl)cc12. The summed E-state index contributed by atoms with van der Waals surface area (Å²) in [5.74, 6) is -3.33. The highest BCUT2D eigenvalue weighted by atomic mass is 35.5. The number of halogens is 1. The van der Waals surface area contributed by atoms with Crippen LogP contribution in [0, 0.1) is 5.92 Å². The van der Waals surface area contributed by atoms with Crippen LogP contribution in [0.25, 0.3) is 0 Å². The van der Waals surface area contributed by atoms with E-state index in [2.05, 4.69) is 5.32 Å². The summed E-state index contributed by atoms with van der Waals surface area (Å²) in [6.45, 7) is 4.99. The van der Waals surface area contributed by atoms with E-state index in [0.29, 0.717) is 16.3 Å². The molecule has 0 radical (unpaired) electrons. The molecule has 1 N–H and O–H groups in total. The molecule has 3 atom stereocenters. The van der Waals surface area contributed by atoms with E-state index in [1.807, 2.05) is 0 Å². The molecule has 11 heteroatoms. The molecule has 32 heavy (non-hydrogen) atoms. The Morgan fingerprint density at radius 3 is 2.62 bits per heavy atom. The van der Waals surface area contributed by atoms with Crippen LogP contribution in [-0.2, 0) is 29.3 Å². The second kappa shape index (κ2) is 7.41. The number of ether oxygens (including phenoxy) is 2. The van der Waals surface area contributed by atoms with Crippen LogP contribution >= 0.6 is 23.8 Å². The summed E-state index contributed by atoms with van der Waals surface area (Å²) in [5.41, 5.74) is -1.70. The van der Waals surface area contributed by atoms with Gasteiger partial charge in [-0.05, 0) is 39.0 Å². The van der Waals surface area contributed by atoms with Crippen molar-refractivity contribution in [1.29, 1.82) is 0 Å². The van der Waals surface area contributed by atoms with Gasteiger partial charge in [-0.2, -0.15) is 0 Å². The Morgan fingerprint density at radius 1 is 1.34 bits per heavy atom. The van der Waals surface area contributed by atoms with Crippen molar-refractivity contribution in [1.82, 2.24) is 10.2 Å². The molecule has 0 bridgehead atoms. The third kappa shape index (κ3) is 2.85. The first-order valence-electron chi connectivity index (χ1n) is 10.0. The number of imide groups is 1. The maximum absolute atomic E-state index is 13.6. The number of nitrogens with zero attached hydrogens (tertiary/aromatic N) is 2. The number of fused-ring (bicyclic) bond motifs is 2. The first-order valence-corrected chi connectivity index (χ1v) is 10.8. The van der Waals surface area contributed by atoms with Gasteiger partial charge in [0.15, 0.2) is 0 Å². The fourth-order valence-electron chi connectivity index (χ4n) is 4.75. The molecule has 0 aliphatic carbocycles. The van der Waals surface area contributed by atoms with Crippen molar-refractivity contribution in [2.24, 2.45) is 5.92 Å². The van der Waals surface area contributed by atoms with Crippen LogP contribution in [0.2, 0.25) is 5.02 Å². The van der Waals surface area contributed by atoms with E-state index in [4.69, 9.17) is 33.3 Å². The molecule has 2 saturated heterocycles. The summed E-state index contributed by atoms with van der Waals surface area (Å²) >= 11 is 11.8. The lowest BCUT2D eigenvalue weighted by atomic mass is 9.70. The van der Waals surface area contributed by atoms with Gasteiger partial charge in [0.05, 0.1) is 17.1 Å². The van der Waals surface area contributed by atoms with Gasteiger partial charge < -0.3 is 19.7 Å². The first-order chi connectivity index (χ1) is 15.0. The van der Waals surface area contributed by atoms with E-state index in [-0.39, 0.29) is 18.2 Å². The van der Waals surface area contributed by atoms with Crippen LogP contribution in [0.1, 0.15) is 26.3 Å². The standard InChI is InChI=1S/C21H22ClN3O6S/c1-5-30-16(27)13-14(15(26)25-19(29)31-9-20(25,2)3)23-17(32)21(13)11-8-10(22)6-7-12(11)24(4)18(21)28/h6-8,13-14H,5,9H2,1-4H3,(H,23,32)/t13-,14-,21-/m1/s1. The number of likely N-dealkylation sites (N-methyl/N-ethyl adjacent to an activating group) is 1. The lowest BCUT2D eigenvalue weighted by Gasteiger charge is -2.32. The minimum atomic E-state index is -1.69. The Morgan fingerprint density at radius 2 is 2.03 bits per heavy atom. The van der Waals surface area contributed by atoms with Gasteiger partial charge in [-0.3, -0.25) is 14.4 Å². The molecular formula is C21H22ClN3O6S. The van der Waals surface area contributed by atoms with E-state index in [0.717, 1.165) is 4.90 Å². The van der Waals surface area contributed by atoms with Gasteiger partial charge in [-0.1, -0.05) is 23.8 Å². The maximum Gasteiger partial charge on any atom is 0.417 e. The molecule has 0 saturated carbocycles. The number of amides is 3. The number of carbonyl (C=O) groups excluding carboxylic acids is 4. The van der Waals surface area contributed by atoms with E-state index in [1.165, 1.54) is 4.90 Å². The average molecular weight is 480 g/mol. The van der Waals surface area contributed by atoms with Crippen molar-refractivity contribution in [2.75, 3.05) is 25.2 Å². The zero-order valence-corrected chi connectivity index (χ0v) is 19.5. The Hall–Kier alpha value is -2.72. The van der Waals surface area contributed by atoms with E-state index in [1.54, 1.807) is 46.0 Å². The van der Waals surface area contributed by atoms with Crippen molar-refractivity contribution >= 4 is 58.4 Å². The predicted molar refractivity (Wildman–Crippen MR) is 118 cm³/mol. The van der Waals surface area contributed by atoms with Crippen LogP contribution in [0.4, 0.5) is 10.5 Å². The predicted octanol–water partition coefficient (Wildman–Crippen LogP) is 1.79. The highest BCUT2D eigenvalue weighted by molar-refractivity contribution is 7.80. The number of anilines is 1. The number of carbonyl (C=O) groups is 4. The number of cyclic esters (lactones) is 1. The Kier molecular flexibility index (Phi) is 5.21. The third-order valence-corrected chi connectivity index (χ3v) is 6.87. The number of nitrogens with one attached hydrogen (secondary N) is 1. The Balaban J connectivity index is 1.90. The molecule has 9 nitrogen and oxygen atoms in total. The molecule has 0 aromatic heterocycles. The molecule has 1 spiro atoms. The first kappa shape index (κ1) is 22.5. The third-order valence-electron chi connectivity index (χ3n) is 6.20. The lowest BCUT2D eigenvalue weighted by Crippen LogP contribution is -2.56. The molecule has 4 rings (SSSR count). The molecule has 0 unspecified atom stereocenters. The zero-order chi connectivity index (χ0) is 23.6. The number of hydrogen-bond acceptors (Lipinski definition) is 7. The molecule has 3 aliphatic heterocycles. The normalized spacial score (nSPS) is 28.1. The fraction of sp³-hybridized carbons (Fsp3) is 0.476. The minimum Gasteiger partial charge on any atom is -0.466 e. The maximum atomic E-state index is 13.6. The van der Waals surface area contributed by atoms with Gasteiger partial charge >= 0.3 is 12.1 Å². The molecule has 2 fully saturated rings. The molecule has 3 amide bonds. The summed E-state index contributed by atoms with van der Waals surface area (Å²) in [7, 11) is 1.56. The van der Waals surface area contributed by atoms with Gasteiger partial charge in [0, 0.05) is 23.3 Å². The van der Waals surface area contributed by atoms with Crippen LogP contribution in [0.15, 0.2) is 18.2 Å². The van der Waals surface area contributed by atoms with Crippen molar-refractivity contribution in [3.05, 3.63) is 28.8 Å². The second-order valence-corrected chi connectivity index (χ2v) is 9.40. The second-order valence-electron chi connectivity index (χ2n) is 8.56.